The highest BCUT2D eigenvalue weighted by Gasteiger charge is 2.12. The molecule has 0 saturated carbocycles. The Balaban J connectivity index is 2.46. The highest BCUT2D eigenvalue weighted by atomic mass is 79.9. The highest BCUT2D eigenvalue weighted by molar-refractivity contribution is 9.10. The predicted octanol–water partition coefficient (Wildman–Crippen LogP) is 2.97. The molecule has 0 bridgehead atoms. The molecule has 4 nitrogen and oxygen atoms in total. The van der Waals surface area contributed by atoms with Gasteiger partial charge in [-0.15, -0.1) is 0 Å². The molecule has 0 fully saturated rings. The number of aldehydes is 1. The van der Waals surface area contributed by atoms with Crippen molar-refractivity contribution in [1.82, 2.24) is 14.8 Å². The summed E-state index contributed by atoms with van der Waals surface area (Å²) in [5.74, 6) is 0.912. The Hall–Kier alpha value is -1.49. The number of pyridine rings is 1. The molecular weight excluding hydrogens is 282 g/mol. The molecule has 2 rings (SSSR count). The lowest BCUT2D eigenvalue weighted by molar-refractivity contribution is 0.112. The van der Waals surface area contributed by atoms with Crippen molar-refractivity contribution < 1.29 is 4.79 Å². The average Bonchev–Trinajstić information content (AvgIpc) is 2.74. The molecule has 0 atom stereocenters. The van der Waals surface area contributed by atoms with Crippen LogP contribution in [0.5, 0.6) is 0 Å². The number of aromatic nitrogens is 3. The van der Waals surface area contributed by atoms with E-state index in [9.17, 15) is 4.79 Å². The minimum atomic E-state index is 0.215. The first-order chi connectivity index (χ1) is 8.11. The lowest BCUT2D eigenvalue weighted by Gasteiger charge is -2.01. The van der Waals surface area contributed by atoms with Crippen molar-refractivity contribution >= 4 is 22.2 Å². The molecule has 0 aliphatic carbocycles. The zero-order valence-electron chi connectivity index (χ0n) is 9.59. The van der Waals surface area contributed by atoms with Gasteiger partial charge in [0.15, 0.2) is 12.1 Å². The fraction of sp³-hybridized carbons (Fsp3) is 0.250. The summed E-state index contributed by atoms with van der Waals surface area (Å²) in [6, 6.07) is 3.73. The van der Waals surface area contributed by atoms with E-state index in [1.54, 1.807) is 17.1 Å². The molecule has 0 N–H and O–H groups in total. The minimum Gasteiger partial charge on any atom is -0.298 e. The van der Waals surface area contributed by atoms with Crippen LogP contribution in [0.1, 0.15) is 35.8 Å². The second-order valence-corrected chi connectivity index (χ2v) is 4.94. The summed E-state index contributed by atoms with van der Waals surface area (Å²) in [4.78, 5) is 15.2. The van der Waals surface area contributed by atoms with E-state index >= 15 is 0 Å². The molecule has 0 aliphatic rings. The Morgan fingerprint density at radius 1 is 1.41 bits per heavy atom. The van der Waals surface area contributed by atoms with Crippen molar-refractivity contribution in [3.63, 3.8) is 0 Å². The number of rotatable bonds is 3. The smallest absolute Gasteiger partial charge is 0.153 e. The second-order valence-electron chi connectivity index (χ2n) is 4.02. The van der Waals surface area contributed by atoms with Crippen molar-refractivity contribution in [1.29, 1.82) is 0 Å². The largest absolute Gasteiger partial charge is 0.298 e. The van der Waals surface area contributed by atoms with Crippen LogP contribution < -0.4 is 0 Å². The molecule has 2 aromatic heterocycles. The Kier molecular flexibility index (Phi) is 3.38. The van der Waals surface area contributed by atoms with Gasteiger partial charge in [0.2, 0.25) is 0 Å². The summed E-state index contributed by atoms with van der Waals surface area (Å²) in [6.07, 6.45) is 4.24. The van der Waals surface area contributed by atoms with E-state index in [0.29, 0.717) is 11.4 Å². The van der Waals surface area contributed by atoms with Crippen LogP contribution in [0.15, 0.2) is 29.0 Å². The monoisotopic (exact) mass is 293 g/mol. The summed E-state index contributed by atoms with van der Waals surface area (Å²) in [5.41, 5.74) is 1.41. The number of carbonyl (C=O) groups is 1. The Bertz CT molecular complexity index is 531. The third kappa shape index (κ3) is 2.44. The number of hydrogen-bond acceptors (Lipinski definition) is 3. The lowest BCUT2D eigenvalue weighted by Crippen LogP contribution is -1.99. The van der Waals surface area contributed by atoms with Crippen LogP contribution in [0.25, 0.3) is 5.82 Å². The molecule has 2 heterocycles. The van der Waals surface area contributed by atoms with Crippen molar-refractivity contribution in [2.24, 2.45) is 0 Å². The van der Waals surface area contributed by atoms with Crippen LogP contribution in [0, 0.1) is 0 Å². The molecule has 88 valence electrons. The predicted molar refractivity (Wildman–Crippen MR) is 68.5 cm³/mol. The van der Waals surface area contributed by atoms with Gasteiger partial charge in [0, 0.05) is 16.9 Å². The van der Waals surface area contributed by atoms with E-state index in [4.69, 9.17) is 0 Å². The summed E-state index contributed by atoms with van der Waals surface area (Å²) in [6.45, 7) is 4.02. The first kappa shape index (κ1) is 12.0. The summed E-state index contributed by atoms with van der Waals surface area (Å²) in [7, 11) is 0. The van der Waals surface area contributed by atoms with Gasteiger partial charge in [0.25, 0.3) is 0 Å². The van der Waals surface area contributed by atoms with Gasteiger partial charge in [-0.1, -0.05) is 13.8 Å². The van der Waals surface area contributed by atoms with Crippen LogP contribution >= 0.6 is 15.9 Å². The van der Waals surface area contributed by atoms with Gasteiger partial charge < -0.3 is 0 Å². The molecule has 5 heteroatoms. The molecule has 0 amide bonds. The molecular formula is C12H12BrN3O. The maximum absolute atomic E-state index is 10.9. The van der Waals surface area contributed by atoms with Crippen LogP contribution in [0.3, 0.4) is 0 Å². The van der Waals surface area contributed by atoms with Gasteiger partial charge in [0.05, 0.1) is 11.3 Å². The number of carbonyl (C=O) groups excluding carboxylic acids is 1. The molecule has 17 heavy (non-hydrogen) atoms. The van der Waals surface area contributed by atoms with Crippen molar-refractivity contribution in [3.8, 4) is 5.82 Å². The number of nitrogens with zero attached hydrogens (tertiary/aromatic N) is 3. The summed E-state index contributed by atoms with van der Waals surface area (Å²) >= 11 is 3.33. The van der Waals surface area contributed by atoms with Crippen LogP contribution in [0.4, 0.5) is 0 Å². The fourth-order valence-electron chi connectivity index (χ4n) is 1.56. The van der Waals surface area contributed by atoms with E-state index in [-0.39, 0.29) is 5.92 Å². The third-order valence-corrected chi connectivity index (χ3v) is 2.86. The molecule has 0 aliphatic heterocycles. The summed E-state index contributed by atoms with van der Waals surface area (Å²) < 4.78 is 2.54. The summed E-state index contributed by atoms with van der Waals surface area (Å²) in [5, 5.41) is 4.39. The van der Waals surface area contributed by atoms with Gasteiger partial charge in [0.1, 0.15) is 0 Å². The zero-order chi connectivity index (χ0) is 12.4. The van der Waals surface area contributed by atoms with Crippen LogP contribution in [-0.2, 0) is 0 Å². The van der Waals surface area contributed by atoms with Gasteiger partial charge >= 0.3 is 0 Å². The molecule has 0 unspecified atom stereocenters. The highest BCUT2D eigenvalue weighted by Crippen LogP contribution is 2.18. The zero-order valence-corrected chi connectivity index (χ0v) is 11.2. The first-order valence-corrected chi connectivity index (χ1v) is 6.07. The molecule has 0 radical (unpaired) electrons. The Labute approximate surface area is 108 Å². The normalized spacial score (nSPS) is 10.8. The lowest BCUT2D eigenvalue weighted by atomic mass is 10.1. The second kappa shape index (κ2) is 4.79. The Morgan fingerprint density at radius 2 is 2.18 bits per heavy atom. The fourth-order valence-corrected chi connectivity index (χ4v) is 1.80. The SMILES string of the molecule is CC(C)c1nn(-c2ccc(Br)cn2)cc1C=O. The molecule has 0 aromatic carbocycles. The van der Waals surface area contributed by atoms with Gasteiger partial charge in [-0.2, -0.15) is 5.10 Å². The van der Waals surface area contributed by atoms with Crippen molar-refractivity contribution in [2.45, 2.75) is 19.8 Å². The quantitative estimate of drug-likeness (QED) is 0.818. The topological polar surface area (TPSA) is 47.8 Å². The van der Waals surface area contributed by atoms with E-state index in [0.717, 1.165) is 16.5 Å². The first-order valence-electron chi connectivity index (χ1n) is 5.28. The molecule has 0 spiro atoms. The number of hydrogen-bond donors (Lipinski definition) is 0. The van der Waals surface area contributed by atoms with Crippen LogP contribution in [0.2, 0.25) is 0 Å². The van der Waals surface area contributed by atoms with E-state index < -0.39 is 0 Å². The molecule has 2 aromatic rings. The van der Waals surface area contributed by atoms with Crippen LogP contribution in [-0.4, -0.2) is 21.1 Å². The Morgan fingerprint density at radius 3 is 2.65 bits per heavy atom. The number of halogens is 1. The maximum atomic E-state index is 10.9. The van der Waals surface area contributed by atoms with Gasteiger partial charge in [-0.3, -0.25) is 4.79 Å². The van der Waals surface area contributed by atoms with E-state index in [1.807, 2.05) is 26.0 Å². The van der Waals surface area contributed by atoms with Crippen molar-refractivity contribution in [2.75, 3.05) is 0 Å². The molecule has 0 saturated heterocycles. The minimum absolute atomic E-state index is 0.215. The third-order valence-electron chi connectivity index (χ3n) is 2.39. The average molecular weight is 294 g/mol. The van der Waals surface area contributed by atoms with Gasteiger partial charge in [-0.25, -0.2) is 9.67 Å². The van der Waals surface area contributed by atoms with E-state index in [2.05, 4.69) is 26.0 Å². The standard InChI is InChI=1S/C12H12BrN3O/c1-8(2)12-9(7-17)6-16(15-12)11-4-3-10(13)5-14-11/h3-8H,1-2H3. The van der Waals surface area contributed by atoms with Gasteiger partial charge in [-0.05, 0) is 34.0 Å². The van der Waals surface area contributed by atoms with E-state index in [1.165, 1.54) is 0 Å². The maximum Gasteiger partial charge on any atom is 0.153 e. The van der Waals surface area contributed by atoms with Crippen molar-refractivity contribution in [3.05, 3.63) is 40.3 Å².